The van der Waals surface area contributed by atoms with Crippen molar-refractivity contribution in [1.29, 1.82) is 0 Å². The molecule has 130 valence electrons. The van der Waals surface area contributed by atoms with Gasteiger partial charge in [0.05, 0.1) is 10.8 Å². The van der Waals surface area contributed by atoms with E-state index >= 15 is 0 Å². The number of non-ortho nitro benzene ring substituents is 1. The molecule has 0 aromatic heterocycles. The summed E-state index contributed by atoms with van der Waals surface area (Å²) in [5, 5.41) is 13.8. The van der Waals surface area contributed by atoms with E-state index in [0.717, 1.165) is 56.9 Å². The summed E-state index contributed by atoms with van der Waals surface area (Å²) in [6.07, 6.45) is 5.40. The lowest BCUT2D eigenvalue weighted by Gasteiger charge is -2.32. The standard InChI is InChI=1S/C18H25N3O3/c22-18(19-12-15-3-4-15)16-2-1-10-20(13-16)11-9-14-5-7-17(8-6-14)21(23)24/h5-8,15-16H,1-4,9-13H2,(H,19,22). The quantitative estimate of drug-likeness (QED) is 0.615. The van der Waals surface area contributed by atoms with Gasteiger partial charge in [0.25, 0.3) is 5.69 Å². The van der Waals surface area contributed by atoms with Crippen molar-refractivity contribution < 1.29 is 9.72 Å². The molecule has 1 aromatic rings. The van der Waals surface area contributed by atoms with Gasteiger partial charge >= 0.3 is 0 Å². The number of amides is 1. The zero-order valence-electron chi connectivity index (χ0n) is 13.9. The summed E-state index contributed by atoms with van der Waals surface area (Å²) in [6, 6.07) is 6.75. The maximum atomic E-state index is 12.2. The predicted molar refractivity (Wildman–Crippen MR) is 91.7 cm³/mol. The van der Waals surface area contributed by atoms with Crippen molar-refractivity contribution in [3.05, 3.63) is 39.9 Å². The van der Waals surface area contributed by atoms with Crippen LogP contribution in [0, 0.1) is 22.0 Å². The van der Waals surface area contributed by atoms with Crippen LogP contribution in [0.2, 0.25) is 0 Å². The normalized spacial score (nSPS) is 21.4. The number of carbonyl (C=O) groups is 1. The molecule has 1 atom stereocenters. The van der Waals surface area contributed by atoms with Gasteiger partial charge in [0.1, 0.15) is 0 Å². The summed E-state index contributed by atoms with van der Waals surface area (Å²) >= 11 is 0. The fourth-order valence-electron chi connectivity index (χ4n) is 3.26. The number of hydrogen-bond donors (Lipinski definition) is 1. The van der Waals surface area contributed by atoms with Crippen molar-refractivity contribution >= 4 is 11.6 Å². The molecular formula is C18H25N3O3. The third-order valence-corrected chi connectivity index (χ3v) is 5.00. The van der Waals surface area contributed by atoms with Crippen LogP contribution in [0.25, 0.3) is 0 Å². The lowest BCUT2D eigenvalue weighted by atomic mass is 9.96. The van der Waals surface area contributed by atoms with E-state index in [-0.39, 0.29) is 22.4 Å². The Balaban J connectivity index is 1.44. The Morgan fingerprint density at radius 1 is 1.25 bits per heavy atom. The second kappa shape index (κ2) is 7.75. The van der Waals surface area contributed by atoms with Crippen LogP contribution in [-0.2, 0) is 11.2 Å². The smallest absolute Gasteiger partial charge is 0.269 e. The fourth-order valence-corrected chi connectivity index (χ4v) is 3.26. The van der Waals surface area contributed by atoms with E-state index in [1.165, 1.54) is 12.8 Å². The molecule has 1 saturated carbocycles. The molecule has 1 aliphatic carbocycles. The van der Waals surface area contributed by atoms with Gasteiger partial charge in [-0.05, 0) is 50.1 Å². The van der Waals surface area contributed by atoms with E-state index in [9.17, 15) is 14.9 Å². The molecule has 3 rings (SSSR count). The molecule has 1 heterocycles. The predicted octanol–water partition coefficient (Wildman–Crippen LogP) is 2.38. The molecule has 1 aromatic carbocycles. The number of nitro benzene ring substituents is 1. The Morgan fingerprint density at radius 3 is 2.67 bits per heavy atom. The highest BCUT2D eigenvalue weighted by Gasteiger charge is 2.27. The van der Waals surface area contributed by atoms with Gasteiger partial charge in [0.15, 0.2) is 0 Å². The van der Waals surface area contributed by atoms with Gasteiger partial charge in [-0.15, -0.1) is 0 Å². The van der Waals surface area contributed by atoms with Crippen molar-refractivity contribution in [2.24, 2.45) is 11.8 Å². The monoisotopic (exact) mass is 331 g/mol. The Kier molecular flexibility index (Phi) is 5.45. The SMILES string of the molecule is O=C(NCC1CC1)C1CCCN(CCc2ccc([N+](=O)[O-])cc2)C1. The summed E-state index contributed by atoms with van der Waals surface area (Å²) in [6.45, 7) is 3.59. The van der Waals surface area contributed by atoms with Crippen LogP contribution < -0.4 is 5.32 Å². The Hall–Kier alpha value is -1.95. The molecule has 2 aliphatic rings. The second-order valence-corrected chi connectivity index (χ2v) is 7.00. The Morgan fingerprint density at radius 2 is 2.00 bits per heavy atom. The molecule has 24 heavy (non-hydrogen) atoms. The van der Waals surface area contributed by atoms with Crippen LogP contribution in [0.4, 0.5) is 5.69 Å². The topological polar surface area (TPSA) is 75.5 Å². The highest BCUT2D eigenvalue weighted by molar-refractivity contribution is 5.79. The van der Waals surface area contributed by atoms with E-state index in [1.807, 2.05) is 12.1 Å². The van der Waals surface area contributed by atoms with E-state index in [1.54, 1.807) is 12.1 Å². The van der Waals surface area contributed by atoms with Crippen LogP contribution >= 0.6 is 0 Å². The zero-order valence-corrected chi connectivity index (χ0v) is 13.9. The minimum absolute atomic E-state index is 0.106. The van der Waals surface area contributed by atoms with Gasteiger partial charge in [0, 0.05) is 31.8 Å². The van der Waals surface area contributed by atoms with E-state index in [0.29, 0.717) is 0 Å². The molecule has 2 fully saturated rings. The second-order valence-electron chi connectivity index (χ2n) is 7.00. The number of hydrogen-bond acceptors (Lipinski definition) is 4. The average Bonchev–Trinajstić information content (AvgIpc) is 3.43. The van der Waals surface area contributed by atoms with Crippen molar-refractivity contribution in [2.75, 3.05) is 26.2 Å². The molecule has 6 heteroatoms. The van der Waals surface area contributed by atoms with E-state index < -0.39 is 0 Å². The lowest BCUT2D eigenvalue weighted by molar-refractivity contribution is -0.384. The fraction of sp³-hybridized carbons (Fsp3) is 0.611. The van der Waals surface area contributed by atoms with Crippen LogP contribution in [0.3, 0.4) is 0 Å². The number of benzene rings is 1. The van der Waals surface area contributed by atoms with Crippen molar-refractivity contribution in [2.45, 2.75) is 32.1 Å². The van der Waals surface area contributed by atoms with E-state index in [4.69, 9.17) is 0 Å². The molecule has 0 radical (unpaired) electrons. The lowest BCUT2D eigenvalue weighted by Crippen LogP contribution is -2.44. The van der Waals surface area contributed by atoms with Gasteiger partial charge < -0.3 is 10.2 Å². The Bertz CT molecular complexity index is 584. The molecule has 1 unspecified atom stereocenters. The zero-order chi connectivity index (χ0) is 16.9. The number of nitrogens with zero attached hydrogens (tertiary/aromatic N) is 2. The van der Waals surface area contributed by atoms with Crippen LogP contribution in [-0.4, -0.2) is 41.9 Å². The molecule has 1 amide bonds. The van der Waals surface area contributed by atoms with Gasteiger partial charge in [-0.2, -0.15) is 0 Å². The van der Waals surface area contributed by atoms with Gasteiger partial charge in [0.2, 0.25) is 5.91 Å². The third kappa shape index (κ3) is 4.77. The first-order valence-corrected chi connectivity index (χ1v) is 8.85. The van der Waals surface area contributed by atoms with Gasteiger partial charge in [-0.25, -0.2) is 0 Å². The molecule has 6 nitrogen and oxygen atoms in total. The number of carbonyl (C=O) groups excluding carboxylic acids is 1. The first-order valence-electron chi connectivity index (χ1n) is 8.85. The molecule has 0 spiro atoms. The maximum absolute atomic E-state index is 12.2. The first-order chi connectivity index (χ1) is 11.6. The highest BCUT2D eigenvalue weighted by Crippen LogP contribution is 2.28. The third-order valence-electron chi connectivity index (χ3n) is 5.00. The van der Waals surface area contributed by atoms with Crippen molar-refractivity contribution in [3.63, 3.8) is 0 Å². The number of likely N-dealkylation sites (tertiary alicyclic amines) is 1. The largest absolute Gasteiger partial charge is 0.356 e. The van der Waals surface area contributed by atoms with Crippen LogP contribution in [0.5, 0.6) is 0 Å². The van der Waals surface area contributed by atoms with E-state index in [2.05, 4.69) is 10.2 Å². The highest BCUT2D eigenvalue weighted by atomic mass is 16.6. The summed E-state index contributed by atoms with van der Waals surface area (Å²) in [5.74, 6) is 1.03. The molecule has 1 N–H and O–H groups in total. The van der Waals surface area contributed by atoms with Crippen molar-refractivity contribution in [3.8, 4) is 0 Å². The number of rotatable bonds is 7. The summed E-state index contributed by atoms with van der Waals surface area (Å²) in [7, 11) is 0. The van der Waals surface area contributed by atoms with Crippen molar-refractivity contribution in [1.82, 2.24) is 10.2 Å². The average molecular weight is 331 g/mol. The molecular weight excluding hydrogens is 306 g/mol. The summed E-state index contributed by atoms with van der Waals surface area (Å²) in [4.78, 5) is 24.9. The number of nitrogens with one attached hydrogen (secondary N) is 1. The van der Waals surface area contributed by atoms with Crippen LogP contribution in [0.1, 0.15) is 31.2 Å². The maximum Gasteiger partial charge on any atom is 0.269 e. The number of nitro groups is 1. The molecule has 0 bridgehead atoms. The van der Waals surface area contributed by atoms with Gasteiger partial charge in [-0.1, -0.05) is 12.1 Å². The van der Waals surface area contributed by atoms with Gasteiger partial charge in [-0.3, -0.25) is 14.9 Å². The van der Waals surface area contributed by atoms with Crippen LogP contribution in [0.15, 0.2) is 24.3 Å². The minimum Gasteiger partial charge on any atom is -0.356 e. The first kappa shape index (κ1) is 16.9. The summed E-state index contributed by atoms with van der Waals surface area (Å²) < 4.78 is 0. The molecule has 1 saturated heterocycles. The summed E-state index contributed by atoms with van der Waals surface area (Å²) in [5.41, 5.74) is 1.23. The molecule has 1 aliphatic heterocycles. The minimum atomic E-state index is -0.376. The number of piperidine rings is 1. The Labute approximate surface area is 142 Å².